The molecule has 0 radical (unpaired) electrons. The quantitative estimate of drug-likeness (QED) is 0.431. The summed E-state index contributed by atoms with van der Waals surface area (Å²) in [5, 5.41) is 10.6. The van der Waals surface area contributed by atoms with Crippen molar-refractivity contribution in [3.8, 4) is 0 Å². The van der Waals surface area contributed by atoms with Crippen LogP contribution in [0, 0.1) is 10.1 Å². The van der Waals surface area contributed by atoms with Gasteiger partial charge in [0.1, 0.15) is 0 Å². The van der Waals surface area contributed by atoms with Crippen LogP contribution in [0.5, 0.6) is 0 Å². The van der Waals surface area contributed by atoms with Crippen LogP contribution in [0.3, 0.4) is 0 Å². The number of nitro groups is 1. The summed E-state index contributed by atoms with van der Waals surface area (Å²) in [5.74, 6) is 0. The number of rotatable bonds is 7. The fourth-order valence-electron chi connectivity index (χ4n) is 1.68. The summed E-state index contributed by atoms with van der Waals surface area (Å²) in [5.41, 5.74) is 0.225. The molecular weight excluding hydrogens is 269 g/mol. The number of nitrogens with zero attached hydrogens (tertiary/aromatic N) is 1. The van der Waals surface area contributed by atoms with Crippen molar-refractivity contribution in [2.75, 3.05) is 13.2 Å². The molecule has 6 nitrogen and oxygen atoms in total. The predicted octanol–water partition coefficient (Wildman–Crippen LogP) is 3.92. The van der Waals surface area contributed by atoms with Gasteiger partial charge in [-0.15, -0.1) is 0 Å². The normalized spacial score (nSPS) is 13.2. The molecule has 0 amide bonds. The van der Waals surface area contributed by atoms with E-state index in [4.69, 9.17) is 9.05 Å². The third kappa shape index (κ3) is 3.86. The van der Waals surface area contributed by atoms with Crippen molar-refractivity contribution < 1.29 is 18.5 Å². The number of benzene rings is 1. The van der Waals surface area contributed by atoms with Crippen LogP contribution in [0.2, 0.25) is 0 Å². The summed E-state index contributed by atoms with van der Waals surface area (Å²) in [6, 6.07) is 5.92. The maximum absolute atomic E-state index is 12.6. The van der Waals surface area contributed by atoms with Gasteiger partial charge in [0.2, 0.25) is 0 Å². The molecule has 0 aromatic heterocycles. The second kappa shape index (κ2) is 6.80. The van der Waals surface area contributed by atoms with Gasteiger partial charge in [-0.2, -0.15) is 0 Å². The van der Waals surface area contributed by atoms with E-state index in [-0.39, 0.29) is 18.9 Å². The molecule has 0 saturated carbocycles. The zero-order valence-corrected chi connectivity index (χ0v) is 12.1. The Kier molecular flexibility index (Phi) is 5.66. The molecule has 0 saturated heterocycles. The average molecular weight is 287 g/mol. The zero-order chi connectivity index (χ0) is 14.5. The second-order valence-corrected chi connectivity index (χ2v) is 6.27. The lowest BCUT2D eigenvalue weighted by Gasteiger charge is -2.23. The number of hydrogen-bond donors (Lipinski definition) is 0. The lowest BCUT2D eigenvalue weighted by Crippen LogP contribution is -2.04. The monoisotopic (exact) mass is 287 g/mol. The summed E-state index contributed by atoms with van der Waals surface area (Å²) in [6.45, 7) is 5.79. The minimum Gasteiger partial charge on any atom is -0.308 e. The molecule has 0 aliphatic rings. The van der Waals surface area contributed by atoms with Crippen LogP contribution >= 0.6 is 7.60 Å². The Morgan fingerprint density at radius 1 is 1.21 bits per heavy atom. The first kappa shape index (κ1) is 15.8. The van der Waals surface area contributed by atoms with Crippen molar-refractivity contribution in [1.82, 2.24) is 0 Å². The van der Waals surface area contributed by atoms with Gasteiger partial charge in [0.25, 0.3) is 5.69 Å². The molecular formula is C12H18NO5P. The Morgan fingerprint density at radius 2 is 1.68 bits per heavy atom. The molecule has 0 unspecified atom stereocenters. The van der Waals surface area contributed by atoms with Gasteiger partial charge in [-0.1, -0.05) is 12.1 Å². The molecule has 1 aromatic rings. The van der Waals surface area contributed by atoms with E-state index in [2.05, 4.69) is 0 Å². The number of hydrogen-bond acceptors (Lipinski definition) is 5. The topological polar surface area (TPSA) is 78.7 Å². The molecule has 0 N–H and O–H groups in total. The Balaban J connectivity index is 2.99. The Morgan fingerprint density at radius 3 is 2.05 bits per heavy atom. The van der Waals surface area contributed by atoms with Crippen molar-refractivity contribution >= 4 is 13.3 Å². The molecule has 0 spiro atoms. The Hall–Kier alpha value is -1.23. The molecule has 1 aromatic carbocycles. The minimum atomic E-state index is -3.24. The molecule has 1 atom stereocenters. The van der Waals surface area contributed by atoms with Crippen molar-refractivity contribution in [2.45, 2.75) is 26.4 Å². The van der Waals surface area contributed by atoms with E-state index >= 15 is 0 Å². The summed E-state index contributed by atoms with van der Waals surface area (Å²) in [4.78, 5) is 10.1. The number of nitro benzene ring substituents is 1. The molecule has 7 heteroatoms. The molecule has 106 valence electrons. The first-order chi connectivity index (χ1) is 8.94. The maximum atomic E-state index is 12.6. The smallest absolute Gasteiger partial charge is 0.308 e. The van der Waals surface area contributed by atoms with Crippen molar-refractivity contribution in [3.63, 3.8) is 0 Å². The molecule has 19 heavy (non-hydrogen) atoms. The summed E-state index contributed by atoms with van der Waals surface area (Å²) in [6.07, 6.45) is 0. The highest BCUT2D eigenvalue weighted by atomic mass is 31.2. The maximum Gasteiger partial charge on any atom is 0.337 e. The van der Waals surface area contributed by atoms with E-state index in [9.17, 15) is 14.7 Å². The van der Waals surface area contributed by atoms with E-state index in [0.717, 1.165) is 0 Å². The first-order valence-corrected chi connectivity index (χ1v) is 7.69. The first-order valence-electron chi connectivity index (χ1n) is 6.07. The molecule has 1 rings (SSSR count). The van der Waals surface area contributed by atoms with Crippen LogP contribution in [-0.2, 0) is 13.6 Å². The summed E-state index contributed by atoms with van der Waals surface area (Å²) in [7, 11) is -3.24. The van der Waals surface area contributed by atoms with Crippen molar-refractivity contribution in [1.29, 1.82) is 0 Å². The highest BCUT2D eigenvalue weighted by Gasteiger charge is 2.33. The number of non-ortho nitro benzene ring substituents is 1. The average Bonchev–Trinajstić information content (AvgIpc) is 2.38. The second-order valence-electron chi connectivity index (χ2n) is 3.90. The van der Waals surface area contributed by atoms with Crippen LogP contribution in [0.15, 0.2) is 24.3 Å². The SMILES string of the molecule is CCOP(=O)(OCC)[C@@H](C)c1ccc([N+](=O)[O-])cc1. The summed E-state index contributed by atoms with van der Waals surface area (Å²) < 4.78 is 23.1. The van der Waals surface area contributed by atoms with E-state index in [1.165, 1.54) is 12.1 Å². The molecule has 0 heterocycles. The van der Waals surface area contributed by atoms with Crippen LogP contribution in [0.25, 0.3) is 0 Å². The third-order valence-corrected chi connectivity index (χ3v) is 5.16. The van der Waals surface area contributed by atoms with E-state index < -0.39 is 18.2 Å². The molecule has 0 aliphatic heterocycles. The van der Waals surface area contributed by atoms with Gasteiger partial charge in [0.05, 0.1) is 23.8 Å². The van der Waals surface area contributed by atoms with Crippen LogP contribution < -0.4 is 0 Å². The zero-order valence-electron chi connectivity index (χ0n) is 11.2. The minimum absolute atomic E-state index is 0.00129. The van der Waals surface area contributed by atoms with Crippen LogP contribution in [0.1, 0.15) is 32.0 Å². The van der Waals surface area contributed by atoms with Gasteiger partial charge in [0.15, 0.2) is 0 Å². The van der Waals surface area contributed by atoms with E-state index in [0.29, 0.717) is 5.56 Å². The fraction of sp³-hybridized carbons (Fsp3) is 0.500. The van der Waals surface area contributed by atoms with Crippen LogP contribution in [-0.4, -0.2) is 18.1 Å². The fourth-order valence-corrected chi connectivity index (χ4v) is 3.46. The highest BCUT2D eigenvalue weighted by molar-refractivity contribution is 7.54. The Bertz CT molecular complexity index is 464. The van der Waals surface area contributed by atoms with E-state index in [1.807, 2.05) is 0 Å². The molecule has 0 bridgehead atoms. The van der Waals surface area contributed by atoms with Gasteiger partial charge >= 0.3 is 7.60 Å². The standard InChI is InChI=1S/C12H18NO5P/c1-4-17-19(16,18-5-2)10(3)11-6-8-12(9-7-11)13(14)15/h6-10H,4-5H2,1-3H3/t10-/m0/s1. The predicted molar refractivity (Wildman–Crippen MR) is 72.4 cm³/mol. The lowest BCUT2D eigenvalue weighted by atomic mass is 10.1. The van der Waals surface area contributed by atoms with Gasteiger partial charge in [-0.25, -0.2) is 0 Å². The van der Waals surface area contributed by atoms with Gasteiger partial charge in [0, 0.05) is 12.1 Å². The summed E-state index contributed by atoms with van der Waals surface area (Å²) >= 11 is 0. The molecule has 0 fully saturated rings. The molecule has 0 aliphatic carbocycles. The van der Waals surface area contributed by atoms with Crippen molar-refractivity contribution in [2.24, 2.45) is 0 Å². The van der Waals surface area contributed by atoms with Gasteiger partial charge in [-0.3, -0.25) is 14.7 Å². The Labute approximate surface area is 112 Å². The van der Waals surface area contributed by atoms with Gasteiger partial charge < -0.3 is 9.05 Å². The van der Waals surface area contributed by atoms with Crippen LogP contribution in [0.4, 0.5) is 5.69 Å². The lowest BCUT2D eigenvalue weighted by molar-refractivity contribution is -0.384. The van der Waals surface area contributed by atoms with E-state index in [1.54, 1.807) is 32.9 Å². The largest absolute Gasteiger partial charge is 0.337 e. The van der Waals surface area contributed by atoms with Gasteiger partial charge in [-0.05, 0) is 26.3 Å². The van der Waals surface area contributed by atoms with Crippen molar-refractivity contribution in [3.05, 3.63) is 39.9 Å². The third-order valence-electron chi connectivity index (χ3n) is 2.68. The highest BCUT2D eigenvalue weighted by Crippen LogP contribution is 2.60.